The Balaban J connectivity index is 3.30. The maximum atomic E-state index is 10.3. The van der Waals surface area contributed by atoms with Crippen molar-refractivity contribution in [3.8, 4) is 0 Å². The number of halogens is 1. The number of aliphatic hydroxyl groups is 1. The van der Waals surface area contributed by atoms with Crippen LogP contribution in [0, 0.1) is 0 Å². The Hall–Kier alpha value is 0.280. The summed E-state index contributed by atoms with van der Waals surface area (Å²) in [6, 6.07) is 0. The van der Waals surface area contributed by atoms with Gasteiger partial charge >= 0.3 is 0 Å². The van der Waals surface area contributed by atoms with Gasteiger partial charge in [0, 0.05) is 17.8 Å². The summed E-state index contributed by atoms with van der Waals surface area (Å²) in [5, 5.41) is 8.94. The zero-order valence-electron chi connectivity index (χ0n) is 7.31. The Labute approximate surface area is 85.0 Å². The molecule has 0 bridgehead atoms. The average Bonchev–Trinajstić information content (AvgIpc) is 2.11. The van der Waals surface area contributed by atoms with Gasteiger partial charge in [0.1, 0.15) is 0 Å². The first kappa shape index (κ1) is 13.3. The molecule has 0 rings (SSSR count). The SMILES string of the molecule is CN(CCOCC(O)CCl)S(=O)[O-]. The lowest BCUT2D eigenvalue weighted by molar-refractivity contribution is 0.0452. The summed E-state index contributed by atoms with van der Waals surface area (Å²) in [5.74, 6) is 0.114. The highest BCUT2D eigenvalue weighted by Gasteiger charge is 2.02. The minimum atomic E-state index is -2.21. The lowest BCUT2D eigenvalue weighted by Gasteiger charge is -2.18. The van der Waals surface area contributed by atoms with Gasteiger partial charge in [-0.3, -0.25) is 4.21 Å². The van der Waals surface area contributed by atoms with Crippen molar-refractivity contribution in [2.75, 3.05) is 32.7 Å². The molecule has 0 fully saturated rings. The molecule has 13 heavy (non-hydrogen) atoms. The van der Waals surface area contributed by atoms with Crippen LogP contribution in [0.5, 0.6) is 0 Å². The number of aliphatic hydroxyl groups excluding tert-OH is 1. The molecule has 0 spiro atoms. The lowest BCUT2D eigenvalue weighted by atomic mass is 10.4. The molecule has 0 aliphatic rings. The molecule has 0 saturated carbocycles. The van der Waals surface area contributed by atoms with Crippen LogP contribution in [0.2, 0.25) is 0 Å². The van der Waals surface area contributed by atoms with Crippen LogP contribution in [0.3, 0.4) is 0 Å². The van der Waals surface area contributed by atoms with Gasteiger partial charge in [0.2, 0.25) is 0 Å². The molecule has 0 amide bonds. The highest BCUT2D eigenvalue weighted by molar-refractivity contribution is 7.76. The average molecular weight is 231 g/mol. The Morgan fingerprint density at radius 1 is 1.77 bits per heavy atom. The van der Waals surface area contributed by atoms with Crippen molar-refractivity contribution < 1.29 is 18.6 Å². The zero-order chi connectivity index (χ0) is 10.3. The number of alkyl halides is 1. The highest BCUT2D eigenvalue weighted by Crippen LogP contribution is 1.91. The summed E-state index contributed by atoms with van der Waals surface area (Å²) in [5.41, 5.74) is 0. The van der Waals surface area contributed by atoms with Crippen LogP contribution in [0.25, 0.3) is 0 Å². The highest BCUT2D eigenvalue weighted by atomic mass is 35.5. The monoisotopic (exact) mass is 230 g/mol. The Bertz CT molecular complexity index is 160. The molecule has 0 aliphatic carbocycles. The second kappa shape index (κ2) is 7.66. The van der Waals surface area contributed by atoms with Crippen molar-refractivity contribution in [1.82, 2.24) is 4.31 Å². The molecule has 2 unspecified atom stereocenters. The number of rotatable bonds is 7. The fourth-order valence-electron chi connectivity index (χ4n) is 0.532. The molecule has 5 nitrogen and oxygen atoms in total. The molecular weight excluding hydrogens is 218 g/mol. The van der Waals surface area contributed by atoms with E-state index in [1.54, 1.807) is 0 Å². The van der Waals surface area contributed by atoms with E-state index in [0.29, 0.717) is 0 Å². The van der Waals surface area contributed by atoms with Crippen molar-refractivity contribution >= 4 is 22.9 Å². The summed E-state index contributed by atoms with van der Waals surface area (Å²) >= 11 is 3.09. The molecule has 1 N–H and O–H groups in total. The summed E-state index contributed by atoms with van der Waals surface area (Å²) in [6.45, 7) is 0.645. The number of ether oxygens (including phenoxy) is 1. The van der Waals surface area contributed by atoms with Crippen molar-refractivity contribution in [2.45, 2.75) is 6.10 Å². The van der Waals surface area contributed by atoms with E-state index in [2.05, 4.69) is 0 Å². The van der Waals surface area contributed by atoms with E-state index in [4.69, 9.17) is 21.4 Å². The van der Waals surface area contributed by atoms with E-state index in [1.807, 2.05) is 0 Å². The van der Waals surface area contributed by atoms with Crippen molar-refractivity contribution in [3.63, 3.8) is 0 Å². The van der Waals surface area contributed by atoms with Crippen molar-refractivity contribution in [3.05, 3.63) is 0 Å². The second-order valence-corrected chi connectivity index (χ2v) is 3.82. The molecule has 0 saturated heterocycles. The van der Waals surface area contributed by atoms with Crippen LogP contribution < -0.4 is 0 Å². The third-order valence-corrected chi connectivity index (χ3v) is 2.34. The van der Waals surface area contributed by atoms with Crippen molar-refractivity contribution in [1.29, 1.82) is 0 Å². The van der Waals surface area contributed by atoms with Gasteiger partial charge in [-0.1, -0.05) is 0 Å². The fraction of sp³-hybridized carbons (Fsp3) is 1.00. The predicted octanol–water partition coefficient (Wildman–Crippen LogP) is -0.671. The molecule has 0 aromatic carbocycles. The minimum absolute atomic E-state index is 0.114. The molecule has 80 valence electrons. The molecule has 0 aromatic heterocycles. The third-order valence-electron chi connectivity index (χ3n) is 1.29. The first-order chi connectivity index (χ1) is 6.07. The quantitative estimate of drug-likeness (QED) is 0.358. The van der Waals surface area contributed by atoms with Gasteiger partial charge in [0.25, 0.3) is 0 Å². The smallest absolute Gasteiger partial charge is 0.0908 e. The number of hydrogen-bond donors (Lipinski definition) is 1. The minimum Gasteiger partial charge on any atom is -0.760 e. The summed E-state index contributed by atoms with van der Waals surface area (Å²) in [7, 11) is 1.43. The summed E-state index contributed by atoms with van der Waals surface area (Å²) in [6.07, 6.45) is -0.690. The van der Waals surface area contributed by atoms with Gasteiger partial charge in [-0.05, 0) is 7.05 Å². The Kier molecular flexibility index (Phi) is 7.83. The molecule has 0 aliphatic heterocycles. The van der Waals surface area contributed by atoms with E-state index in [0.717, 1.165) is 4.31 Å². The van der Waals surface area contributed by atoms with Crippen LogP contribution in [-0.2, 0) is 16.0 Å². The van der Waals surface area contributed by atoms with Crippen LogP contribution in [0.15, 0.2) is 0 Å². The summed E-state index contributed by atoms with van der Waals surface area (Å²) in [4.78, 5) is 0. The second-order valence-electron chi connectivity index (χ2n) is 2.45. The molecule has 2 atom stereocenters. The van der Waals surface area contributed by atoms with E-state index in [9.17, 15) is 8.76 Å². The van der Waals surface area contributed by atoms with Crippen LogP contribution in [0.1, 0.15) is 0 Å². The fourth-order valence-corrected chi connectivity index (χ4v) is 0.844. The molecule has 0 heterocycles. The van der Waals surface area contributed by atoms with Crippen LogP contribution >= 0.6 is 11.6 Å². The normalized spacial score (nSPS) is 16.1. The molecule has 0 aromatic rings. The predicted molar refractivity (Wildman–Crippen MR) is 49.1 cm³/mol. The topological polar surface area (TPSA) is 72.8 Å². The maximum absolute atomic E-state index is 10.3. The summed E-state index contributed by atoms with van der Waals surface area (Å²) < 4.78 is 26.6. The largest absolute Gasteiger partial charge is 0.760 e. The van der Waals surface area contributed by atoms with E-state index < -0.39 is 17.4 Å². The lowest BCUT2D eigenvalue weighted by Crippen LogP contribution is -2.27. The van der Waals surface area contributed by atoms with Gasteiger partial charge in [-0.25, -0.2) is 4.31 Å². The van der Waals surface area contributed by atoms with Gasteiger partial charge in [-0.2, -0.15) is 0 Å². The number of likely N-dealkylation sites (N-methyl/N-ethyl adjacent to an activating group) is 1. The van der Waals surface area contributed by atoms with E-state index in [-0.39, 0.29) is 25.6 Å². The number of hydrogen-bond acceptors (Lipinski definition) is 4. The Morgan fingerprint density at radius 3 is 2.85 bits per heavy atom. The third kappa shape index (κ3) is 7.36. The zero-order valence-corrected chi connectivity index (χ0v) is 8.88. The van der Waals surface area contributed by atoms with Gasteiger partial charge in [0.05, 0.1) is 25.2 Å². The van der Waals surface area contributed by atoms with Crippen molar-refractivity contribution in [2.24, 2.45) is 0 Å². The van der Waals surface area contributed by atoms with Crippen LogP contribution in [-0.4, -0.2) is 57.0 Å². The number of nitrogens with zero attached hydrogens (tertiary/aromatic N) is 1. The van der Waals surface area contributed by atoms with Gasteiger partial charge in [-0.15, -0.1) is 11.6 Å². The van der Waals surface area contributed by atoms with Gasteiger partial charge < -0.3 is 14.4 Å². The maximum Gasteiger partial charge on any atom is 0.0908 e. The Morgan fingerprint density at radius 2 is 2.38 bits per heavy atom. The van der Waals surface area contributed by atoms with Gasteiger partial charge in [0.15, 0.2) is 0 Å². The molecular formula is C6H13ClNO4S-. The van der Waals surface area contributed by atoms with E-state index >= 15 is 0 Å². The molecule has 0 radical (unpaired) electrons. The molecule has 7 heteroatoms. The van der Waals surface area contributed by atoms with E-state index in [1.165, 1.54) is 7.05 Å². The standard InChI is InChI=1S/C6H14ClNO4S/c1-8(13(10)11)2-3-12-5-6(9)4-7/h6,9H,2-5H2,1H3,(H,10,11)/p-1. The first-order valence-corrected chi connectivity index (χ1v) is 5.26. The van der Waals surface area contributed by atoms with Crippen LogP contribution in [0.4, 0.5) is 0 Å². The first-order valence-electron chi connectivity index (χ1n) is 3.70.